The third kappa shape index (κ3) is 3.84. The number of thiazole rings is 1. The van der Waals surface area contributed by atoms with Gasteiger partial charge < -0.3 is 10.2 Å². The fraction of sp³-hybridized carbons (Fsp3) is 0.190. The van der Waals surface area contributed by atoms with Crippen LogP contribution in [-0.2, 0) is 6.42 Å². The summed E-state index contributed by atoms with van der Waals surface area (Å²) in [7, 11) is 0. The van der Waals surface area contributed by atoms with Gasteiger partial charge in [-0.1, -0.05) is 29.5 Å². The van der Waals surface area contributed by atoms with Crippen LogP contribution in [0.15, 0.2) is 48.5 Å². The van der Waals surface area contributed by atoms with E-state index in [0.29, 0.717) is 21.4 Å². The number of halogens is 1. The second-order valence-corrected chi connectivity index (χ2v) is 7.88. The van der Waals surface area contributed by atoms with Crippen LogP contribution in [0.5, 0.6) is 0 Å². The van der Waals surface area contributed by atoms with Crippen LogP contribution in [-0.4, -0.2) is 23.0 Å². The molecule has 4 rings (SSSR count). The minimum absolute atomic E-state index is 0.0552. The lowest BCUT2D eigenvalue weighted by atomic mass is 10.1. The Hall–Kier alpha value is -3.26. The Kier molecular flexibility index (Phi) is 5.02. The van der Waals surface area contributed by atoms with Gasteiger partial charge in [0.25, 0.3) is 5.91 Å². The quantitative estimate of drug-likeness (QED) is 0.650. The van der Waals surface area contributed by atoms with Crippen LogP contribution < -0.4 is 15.5 Å². The van der Waals surface area contributed by atoms with Crippen molar-refractivity contribution < 1.29 is 14.0 Å². The lowest BCUT2D eigenvalue weighted by molar-refractivity contribution is 0.0984. The summed E-state index contributed by atoms with van der Waals surface area (Å²) in [4.78, 5) is 32.0. The Morgan fingerprint density at radius 1 is 1.14 bits per heavy atom. The number of carbonyl (C=O) groups excluding carboxylic acids is 2. The van der Waals surface area contributed by atoms with E-state index in [-0.39, 0.29) is 17.8 Å². The van der Waals surface area contributed by atoms with Crippen molar-refractivity contribution in [2.45, 2.75) is 26.3 Å². The van der Waals surface area contributed by atoms with Crippen molar-refractivity contribution in [3.05, 3.63) is 70.5 Å². The number of nitrogens with zero attached hydrogens (tertiary/aromatic N) is 2. The number of para-hydroxylation sites is 1. The van der Waals surface area contributed by atoms with Gasteiger partial charge in [-0.2, -0.15) is 0 Å². The van der Waals surface area contributed by atoms with E-state index >= 15 is 0 Å². The molecule has 0 aliphatic carbocycles. The second kappa shape index (κ2) is 7.63. The molecule has 3 amide bonds. The topological polar surface area (TPSA) is 74.3 Å². The van der Waals surface area contributed by atoms with Gasteiger partial charge >= 0.3 is 6.03 Å². The average molecular weight is 410 g/mol. The number of urea groups is 1. The van der Waals surface area contributed by atoms with Gasteiger partial charge in [-0.3, -0.25) is 10.1 Å². The number of hydrogen-bond donors (Lipinski definition) is 2. The van der Waals surface area contributed by atoms with Crippen LogP contribution in [0.3, 0.4) is 0 Å². The fourth-order valence-corrected chi connectivity index (χ4v) is 4.32. The van der Waals surface area contributed by atoms with Gasteiger partial charge in [0.05, 0.1) is 5.69 Å². The Morgan fingerprint density at radius 3 is 2.62 bits per heavy atom. The monoisotopic (exact) mass is 410 g/mol. The molecule has 2 aromatic carbocycles. The summed E-state index contributed by atoms with van der Waals surface area (Å²) in [5, 5.41) is 5.56. The predicted octanol–water partition coefficient (Wildman–Crippen LogP) is 4.83. The molecule has 6 nitrogen and oxygen atoms in total. The zero-order valence-corrected chi connectivity index (χ0v) is 16.7. The first-order valence-corrected chi connectivity index (χ1v) is 9.96. The van der Waals surface area contributed by atoms with Crippen LogP contribution in [0, 0.1) is 12.7 Å². The van der Waals surface area contributed by atoms with Crippen molar-refractivity contribution in [3.63, 3.8) is 0 Å². The lowest BCUT2D eigenvalue weighted by Crippen LogP contribution is -2.35. The first kappa shape index (κ1) is 19.1. The van der Waals surface area contributed by atoms with Crippen LogP contribution in [0.2, 0.25) is 0 Å². The molecule has 0 saturated carbocycles. The highest BCUT2D eigenvalue weighted by molar-refractivity contribution is 7.17. The number of benzene rings is 2. The van der Waals surface area contributed by atoms with E-state index in [0.717, 1.165) is 29.0 Å². The fourth-order valence-electron chi connectivity index (χ4n) is 3.43. The van der Waals surface area contributed by atoms with Crippen LogP contribution in [0.1, 0.15) is 27.9 Å². The number of rotatable bonds is 3. The van der Waals surface area contributed by atoms with E-state index in [1.54, 1.807) is 11.8 Å². The smallest absolute Gasteiger partial charge is 0.308 e. The van der Waals surface area contributed by atoms with Crippen molar-refractivity contribution in [3.8, 4) is 0 Å². The van der Waals surface area contributed by atoms with Crippen molar-refractivity contribution in [1.82, 2.24) is 4.98 Å². The summed E-state index contributed by atoms with van der Waals surface area (Å²) in [6, 6.07) is 12.9. The second-order valence-electron chi connectivity index (χ2n) is 6.88. The number of anilines is 3. The summed E-state index contributed by atoms with van der Waals surface area (Å²) in [5.41, 5.74) is 3.08. The number of amides is 3. The molecule has 2 heterocycles. The Labute approximate surface area is 171 Å². The molecule has 1 atom stereocenters. The van der Waals surface area contributed by atoms with Crippen LogP contribution >= 0.6 is 11.3 Å². The predicted molar refractivity (Wildman–Crippen MR) is 112 cm³/mol. The molecule has 0 saturated heterocycles. The highest BCUT2D eigenvalue weighted by Crippen LogP contribution is 2.35. The zero-order valence-electron chi connectivity index (χ0n) is 15.9. The summed E-state index contributed by atoms with van der Waals surface area (Å²) < 4.78 is 13.0. The van der Waals surface area contributed by atoms with Gasteiger partial charge in [-0.15, -0.1) is 0 Å². The highest BCUT2D eigenvalue weighted by Gasteiger charge is 2.33. The molecule has 0 fully saturated rings. The van der Waals surface area contributed by atoms with E-state index in [1.165, 1.54) is 24.3 Å². The number of hydrogen-bond acceptors (Lipinski definition) is 4. The Balaban J connectivity index is 1.50. The molecular weight excluding hydrogens is 391 g/mol. The third-order valence-electron chi connectivity index (χ3n) is 4.74. The molecule has 8 heteroatoms. The van der Waals surface area contributed by atoms with Crippen molar-refractivity contribution in [2.75, 3.05) is 15.5 Å². The molecule has 0 spiro atoms. The van der Waals surface area contributed by atoms with E-state index in [4.69, 9.17) is 0 Å². The summed E-state index contributed by atoms with van der Waals surface area (Å²) in [6.45, 7) is 3.77. The van der Waals surface area contributed by atoms with Crippen molar-refractivity contribution in [1.29, 1.82) is 0 Å². The molecule has 0 radical (unpaired) electrons. The van der Waals surface area contributed by atoms with Crippen molar-refractivity contribution in [2.24, 2.45) is 0 Å². The number of aromatic nitrogens is 1. The summed E-state index contributed by atoms with van der Waals surface area (Å²) >= 11 is 1.14. The normalized spacial score (nSPS) is 15.1. The Bertz CT molecular complexity index is 1080. The molecular formula is C21H19FN4O2S. The molecule has 29 heavy (non-hydrogen) atoms. The molecule has 1 unspecified atom stereocenters. The molecule has 0 bridgehead atoms. The molecule has 148 valence electrons. The lowest BCUT2D eigenvalue weighted by Gasteiger charge is -2.22. The van der Waals surface area contributed by atoms with Crippen LogP contribution in [0.4, 0.5) is 25.7 Å². The number of nitrogens with one attached hydrogen (secondary N) is 2. The molecule has 2 N–H and O–H groups in total. The highest BCUT2D eigenvalue weighted by atomic mass is 32.1. The molecule has 3 aromatic rings. The van der Waals surface area contributed by atoms with E-state index in [9.17, 15) is 14.0 Å². The SMILES string of the molecule is Cc1nc(NC(=O)Nc2ccc(F)cc2)sc1C(=O)N1c2ccccc2CC1C. The Morgan fingerprint density at radius 2 is 1.86 bits per heavy atom. The number of fused-ring (bicyclic) bond motifs is 1. The molecule has 1 aliphatic rings. The van der Waals surface area contributed by atoms with Crippen LogP contribution in [0.25, 0.3) is 0 Å². The number of aryl methyl sites for hydroxylation is 1. The maximum atomic E-state index is 13.2. The molecule has 1 aromatic heterocycles. The average Bonchev–Trinajstić information content (AvgIpc) is 3.21. The van der Waals surface area contributed by atoms with E-state index in [2.05, 4.69) is 15.6 Å². The maximum Gasteiger partial charge on any atom is 0.325 e. The minimum atomic E-state index is -0.510. The van der Waals surface area contributed by atoms with Gasteiger partial charge in [-0.25, -0.2) is 14.2 Å². The first-order chi connectivity index (χ1) is 13.9. The summed E-state index contributed by atoms with van der Waals surface area (Å²) in [5.74, 6) is -0.503. The van der Waals surface area contributed by atoms with Gasteiger partial charge in [0.15, 0.2) is 5.13 Å². The van der Waals surface area contributed by atoms with Gasteiger partial charge in [0.1, 0.15) is 10.7 Å². The van der Waals surface area contributed by atoms with E-state index < -0.39 is 6.03 Å². The minimum Gasteiger partial charge on any atom is -0.308 e. The standard InChI is InChI=1S/C21H19FN4O2S/c1-12-11-14-5-3-4-6-17(14)26(12)19(27)18-13(2)23-21(29-18)25-20(28)24-16-9-7-15(22)8-10-16/h3-10,12H,11H2,1-2H3,(H2,23,24,25,28). The summed E-state index contributed by atoms with van der Waals surface area (Å²) in [6.07, 6.45) is 0.810. The van der Waals surface area contributed by atoms with E-state index in [1.807, 2.05) is 31.2 Å². The van der Waals surface area contributed by atoms with Crippen molar-refractivity contribution >= 4 is 39.8 Å². The largest absolute Gasteiger partial charge is 0.325 e. The van der Waals surface area contributed by atoms with Gasteiger partial charge in [-0.05, 0) is 56.2 Å². The van der Waals surface area contributed by atoms with Gasteiger partial charge in [0.2, 0.25) is 0 Å². The maximum absolute atomic E-state index is 13.2. The first-order valence-electron chi connectivity index (χ1n) is 9.15. The number of carbonyl (C=O) groups is 2. The molecule has 1 aliphatic heterocycles. The van der Waals surface area contributed by atoms with Gasteiger partial charge in [0, 0.05) is 17.4 Å². The third-order valence-corrected chi connectivity index (χ3v) is 5.80. The zero-order chi connectivity index (χ0) is 20.5.